The lowest BCUT2D eigenvalue weighted by Gasteiger charge is -2.22. The van der Waals surface area contributed by atoms with Crippen LogP contribution >= 0.6 is 23.1 Å². The predicted molar refractivity (Wildman–Crippen MR) is 79.5 cm³/mol. The average molecular weight is 299 g/mol. The third-order valence-corrected chi connectivity index (χ3v) is 5.47. The van der Waals surface area contributed by atoms with Gasteiger partial charge in [-0.25, -0.2) is 0 Å². The summed E-state index contributed by atoms with van der Waals surface area (Å²) in [5.41, 5.74) is 0. The number of amides is 1. The molecule has 1 N–H and O–H groups in total. The summed E-state index contributed by atoms with van der Waals surface area (Å²) in [7, 11) is 0. The molecule has 0 saturated heterocycles. The van der Waals surface area contributed by atoms with Gasteiger partial charge in [-0.15, -0.1) is 10.2 Å². The fourth-order valence-corrected chi connectivity index (χ4v) is 4.29. The molecule has 0 unspecified atom stereocenters. The molecule has 1 aliphatic rings. The number of nitrogens with one attached hydrogen (secondary N) is 1. The lowest BCUT2D eigenvalue weighted by molar-refractivity contribution is -0.120. The number of thioether (sulfide) groups is 1. The van der Waals surface area contributed by atoms with Crippen molar-refractivity contribution in [2.24, 2.45) is 5.92 Å². The van der Waals surface area contributed by atoms with E-state index in [-0.39, 0.29) is 11.2 Å². The van der Waals surface area contributed by atoms with E-state index in [0.29, 0.717) is 5.92 Å². The Hall–Kier alpha value is -0.620. The molecular formula is C13H21N3OS2. The Morgan fingerprint density at radius 3 is 2.79 bits per heavy atom. The van der Waals surface area contributed by atoms with Crippen molar-refractivity contribution in [2.75, 3.05) is 6.54 Å². The summed E-state index contributed by atoms with van der Waals surface area (Å²) >= 11 is 3.03. The van der Waals surface area contributed by atoms with Crippen molar-refractivity contribution in [1.29, 1.82) is 0 Å². The van der Waals surface area contributed by atoms with Gasteiger partial charge in [0, 0.05) is 6.54 Å². The van der Waals surface area contributed by atoms with E-state index in [4.69, 9.17) is 0 Å². The van der Waals surface area contributed by atoms with Crippen LogP contribution in [0.1, 0.15) is 44.0 Å². The van der Waals surface area contributed by atoms with Gasteiger partial charge >= 0.3 is 0 Å². The van der Waals surface area contributed by atoms with Gasteiger partial charge in [0.1, 0.15) is 5.01 Å². The van der Waals surface area contributed by atoms with Crippen LogP contribution in [0, 0.1) is 12.8 Å². The van der Waals surface area contributed by atoms with Crippen LogP contribution in [0.3, 0.4) is 0 Å². The second-order valence-electron chi connectivity index (χ2n) is 5.10. The van der Waals surface area contributed by atoms with Gasteiger partial charge < -0.3 is 5.32 Å². The SMILES string of the molecule is Cc1nnc(S[C@H](C)C(=O)NCC2CCCCC2)s1. The quantitative estimate of drug-likeness (QED) is 0.849. The second-order valence-corrected chi connectivity index (χ2v) is 7.87. The first-order valence-electron chi connectivity index (χ1n) is 6.89. The maximum Gasteiger partial charge on any atom is 0.233 e. The first-order valence-corrected chi connectivity index (χ1v) is 8.59. The molecule has 1 heterocycles. The zero-order valence-electron chi connectivity index (χ0n) is 11.5. The summed E-state index contributed by atoms with van der Waals surface area (Å²) in [5.74, 6) is 0.794. The standard InChI is InChI=1S/C13H21N3OS2/c1-9(18-13-16-15-10(2)19-13)12(17)14-8-11-6-4-3-5-7-11/h9,11H,3-8H2,1-2H3,(H,14,17)/t9-/m1/s1. The number of aryl methyl sites for hydroxylation is 1. The molecule has 0 radical (unpaired) electrons. The number of carbonyl (C=O) groups is 1. The third kappa shape index (κ3) is 4.76. The summed E-state index contributed by atoms with van der Waals surface area (Å²) in [6, 6.07) is 0. The molecule has 1 aromatic heterocycles. The topological polar surface area (TPSA) is 54.9 Å². The molecule has 0 bridgehead atoms. The van der Waals surface area contributed by atoms with Crippen molar-refractivity contribution in [1.82, 2.24) is 15.5 Å². The van der Waals surface area contributed by atoms with Crippen molar-refractivity contribution in [2.45, 2.75) is 55.5 Å². The molecule has 1 fully saturated rings. The molecular weight excluding hydrogens is 278 g/mol. The van der Waals surface area contributed by atoms with Crippen LogP contribution in [0.25, 0.3) is 0 Å². The lowest BCUT2D eigenvalue weighted by atomic mass is 9.89. The molecule has 1 amide bonds. The highest BCUT2D eigenvalue weighted by Crippen LogP contribution is 2.26. The molecule has 6 heteroatoms. The van der Waals surface area contributed by atoms with Gasteiger partial charge in [-0.05, 0) is 32.6 Å². The van der Waals surface area contributed by atoms with Crippen molar-refractivity contribution >= 4 is 29.0 Å². The van der Waals surface area contributed by atoms with Gasteiger partial charge in [0.15, 0.2) is 4.34 Å². The van der Waals surface area contributed by atoms with Gasteiger partial charge in [-0.1, -0.05) is 42.4 Å². The molecule has 19 heavy (non-hydrogen) atoms. The Morgan fingerprint density at radius 2 is 2.16 bits per heavy atom. The van der Waals surface area contributed by atoms with Crippen LogP contribution in [0.15, 0.2) is 4.34 Å². The highest BCUT2D eigenvalue weighted by molar-refractivity contribution is 8.02. The van der Waals surface area contributed by atoms with Crippen molar-refractivity contribution in [3.63, 3.8) is 0 Å². The van der Waals surface area contributed by atoms with Gasteiger partial charge in [-0.2, -0.15) is 0 Å². The first kappa shape index (κ1) is 14.8. The maximum absolute atomic E-state index is 12.0. The van der Waals surface area contributed by atoms with E-state index in [0.717, 1.165) is 15.9 Å². The second kappa shape index (κ2) is 7.24. The third-order valence-electron chi connectivity index (χ3n) is 3.44. The number of nitrogens with zero attached hydrogens (tertiary/aromatic N) is 2. The van der Waals surface area contributed by atoms with E-state index in [1.54, 1.807) is 11.3 Å². The van der Waals surface area contributed by atoms with Crippen LogP contribution < -0.4 is 5.32 Å². The molecule has 0 aromatic carbocycles. The van der Waals surface area contributed by atoms with Crippen molar-refractivity contribution in [3.8, 4) is 0 Å². The van der Waals surface area contributed by atoms with Crippen LogP contribution in [-0.4, -0.2) is 27.9 Å². The molecule has 4 nitrogen and oxygen atoms in total. The van der Waals surface area contributed by atoms with Crippen molar-refractivity contribution < 1.29 is 4.79 Å². The van der Waals surface area contributed by atoms with E-state index in [9.17, 15) is 4.79 Å². The zero-order chi connectivity index (χ0) is 13.7. The number of aromatic nitrogens is 2. The van der Waals surface area contributed by atoms with Gasteiger partial charge in [0.2, 0.25) is 5.91 Å². The van der Waals surface area contributed by atoms with Gasteiger partial charge in [-0.3, -0.25) is 4.79 Å². The Kier molecular flexibility index (Phi) is 5.63. The molecule has 1 aromatic rings. The fourth-order valence-electron chi connectivity index (χ4n) is 2.31. The Morgan fingerprint density at radius 1 is 1.42 bits per heavy atom. The summed E-state index contributed by atoms with van der Waals surface area (Å²) in [6.07, 6.45) is 6.51. The number of hydrogen-bond donors (Lipinski definition) is 1. The normalized spacial score (nSPS) is 18.2. The van der Waals surface area contributed by atoms with Crippen LogP contribution in [0.5, 0.6) is 0 Å². The highest BCUT2D eigenvalue weighted by atomic mass is 32.2. The van der Waals surface area contributed by atoms with Gasteiger partial charge in [0.05, 0.1) is 5.25 Å². The van der Waals surface area contributed by atoms with E-state index < -0.39 is 0 Å². The lowest BCUT2D eigenvalue weighted by Crippen LogP contribution is -2.35. The van der Waals surface area contributed by atoms with E-state index in [2.05, 4.69) is 15.5 Å². The zero-order valence-corrected chi connectivity index (χ0v) is 13.1. The number of rotatable bonds is 5. The molecule has 1 aliphatic carbocycles. The molecule has 106 valence electrons. The number of carbonyl (C=O) groups excluding carboxylic acids is 1. The minimum atomic E-state index is -0.101. The molecule has 0 aliphatic heterocycles. The summed E-state index contributed by atoms with van der Waals surface area (Å²) < 4.78 is 0.873. The smallest absolute Gasteiger partial charge is 0.233 e. The van der Waals surface area contributed by atoms with E-state index in [1.807, 2.05) is 13.8 Å². The minimum Gasteiger partial charge on any atom is -0.355 e. The highest BCUT2D eigenvalue weighted by Gasteiger charge is 2.19. The molecule has 2 rings (SSSR count). The predicted octanol–water partition coefficient (Wildman–Crippen LogP) is 3.02. The first-order chi connectivity index (χ1) is 9.15. The largest absolute Gasteiger partial charge is 0.355 e. The van der Waals surface area contributed by atoms with Crippen LogP contribution in [-0.2, 0) is 4.79 Å². The summed E-state index contributed by atoms with van der Waals surface area (Å²) in [4.78, 5) is 12.0. The van der Waals surface area contributed by atoms with E-state index in [1.165, 1.54) is 43.9 Å². The van der Waals surface area contributed by atoms with Gasteiger partial charge in [0.25, 0.3) is 0 Å². The summed E-state index contributed by atoms with van der Waals surface area (Å²) in [5, 5.41) is 11.9. The molecule has 0 spiro atoms. The summed E-state index contributed by atoms with van der Waals surface area (Å²) in [6.45, 7) is 4.69. The molecule has 1 saturated carbocycles. The monoisotopic (exact) mass is 299 g/mol. The minimum absolute atomic E-state index is 0.101. The Balaban J connectivity index is 1.72. The van der Waals surface area contributed by atoms with E-state index >= 15 is 0 Å². The molecule has 1 atom stereocenters. The van der Waals surface area contributed by atoms with Crippen molar-refractivity contribution in [3.05, 3.63) is 5.01 Å². The fraction of sp³-hybridized carbons (Fsp3) is 0.769. The Labute approximate surface area is 122 Å². The van der Waals surface area contributed by atoms with Crippen LogP contribution in [0.2, 0.25) is 0 Å². The Bertz CT molecular complexity index is 416. The van der Waals surface area contributed by atoms with Crippen LogP contribution in [0.4, 0.5) is 0 Å². The number of hydrogen-bond acceptors (Lipinski definition) is 5. The maximum atomic E-state index is 12.0. The average Bonchev–Trinajstić information content (AvgIpc) is 2.82.